The summed E-state index contributed by atoms with van der Waals surface area (Å²) >= 11 is 1.23. The van der Waals surface area contributed by atoms with Crippen molar-refractivity contribution in [2.24, 2.45) is 0 Å². The Balaban J connectivity index is 2.68. The van der Waals surface area contributed by atoms with Crippen molar-refractivity contribution in [1.82, 2.24) is 0 Å². The minimum Gasteiger partial charge on any atom is -0.300 e. The molecule has 0 radical (unpaired) electrons. The Morgan fingerprint density at radius 1 is 1.35 bits per heavy atom. The van der Waals surface area contributed by atoms with Gasteiger partial charge in [-0.2, -0.15) is 13.2 Å². The Morgan fingerprint density at radius 2 is 2.06 bits per heavy atom. The van der Waals surface area contributed by atoms with Crippen LogP contribution < -0.4 is 0 Å². The summed E-state index contributed by atoms with van der Waals surface area (Å²) < 4.78 is 39.1. The quantitative estimate of drug-likeness (QED) is 0.794. The fourth-order valence-corrected chi connectivity index (χ4v) is 2.78. The van der Waals surface area contributed by atoms with E-state index in [4.69, 9.17) is 0 Å². The van der Waals surface area contributed by atoms with Crippen LogP contribution in [0.5, 0.6) is 0 Å². The summed E-state index contributed by atoms with van der Waals surface area (Å²) in [5.41, 5.74) is -0.196. The largest absolute Gasteiger partial charge is 0.417 e. The van der Waals surface area contributed by atoms with Gasteiger partial charge in [0, 0.05) is 16.5 Å². The smallest absolute Gasteiger partial charge is 0.300 e. The lowest BCUT2D eigenvalue weighted by Gasteiger charge is -2.09. The second kappa shape index (κ2) is 4.14. The third kappa shape index (κ3) is 2.34. The van der Waals surface area contributed by atoms with Crippen molar-refractivity contribution in [1.29, 1.82) is 0 Å². The highest BCUT2D eigenvalue weighted by molar-refractivity contribution is 7.17. The van der Waals surface area contributed by atoms with E-state index in [1.807, 2.05) is 0 Å². The molecule has 0 unspecified atom stereocenters. The predicted molar refractivity (Wildman–Crippen MR) is 61.2 cm³/mol. The lowest BCUT2D eigenvalue weighted by Crippen LogP contribution is -2.06. The summed E-state index contributed by atoms with van der Waals surface area (Å²) in [5.74, 6) is -0.137. The van der Waals surface area contributed by atoms with E-state index in [1.54, 1.807) is 11.4 Å². The normalized spacial score (nSPS) is 12.0. The van der Waals surface area contributed by atoms with E-state index in [0.29, 0.717) is 10.3 Å². The fourth-order valence-electron chi connectivity index (χ4n) is 1.79. The molecule has 0 atom stereocenters. The van der Waals surface area contributed by atoms with E-state index in [-0.39, 0.29) is 17.6 Å². The van der Waals surface area contributed by atoms with Gasteiger partial charge in [0.15, 0.2) is 0 Å². The first-order valence-electron chi connectivity index (χ1n) is 4.95. The van der Waals surface area contributed by atoms with Gasteiger partial charge in [-0.15, -0.1) is 11.3 Å². The third-order valence-corrected chi connectivity index (χ3v) is 3.42. The van der Waals surface area contributed by atoms with Crippen molar-refractivity contribution < 1.29 is 18.0 Å². The Bertz CT molecular complexity index is 569. The Morgan fingerprint density at radius 3 is 2.65 bits per heavy atom. The maximum Gasteiger partial charge on any atom is 0.417 e. The maximum absolute atomic E-state index is 12.8. The zero-order chi connectivity index (χ0) is 12.6. The number of hydrogen-bond acceptors (Lipinski definition) is 2. The molecule has 1 nitrogen and oxygen atoms in total. The monoisotopic (exact) mass is 258 g/mol. The van der Waals surface area contributed by atoms with Crippen LogP contribution in [0.2, 0.25) is 0 Å². The van der Waals surface area contributed by atoms with Crippen LogP contribution in [-0.4, -0.2) is 5.78 Å². The van der Waals surface area contributed by atoms with Crippen LogP contribution in [0, 0.1) is 0 Å². The summed E-state index contributed by atoms with van der Waals surface area (Å²) in [6.07, 6.45) is -4.33. The lowest BCUT2D eigenvalue weighted by atomic mass is 10.0. The molecule has 0 aliphatic carbocycles. The highest BCUT2D eigenvalue weighted by Crippen LogP contribution is 2.38. The molecule has 17 heavy (non-hydrogen) atoms. The number of ketones is 1. The van der Waals surface area contributed by atoms with Crippen LogP contribution in [0.4, 0.5) is 13.2 Å². The molecule has 90 valence electrons. The number of thiophene rings is 1. The molecular formula is C12H9F3OS. The molecule has 0 bridgehead atoms. The van der Waals surface area contributed by atoms with E-state index >= 15 is 0 Å². The molecule has 2 aromatic rings. The molecule has 0 aliphatic heterocycles. The third-order valence-electron chi connectivity index (χ3n) is 2.42. The highest BCUT2D eigenvalue weighted by atomic mass is 32.1. The van der Waals surface area contributed by atoms with Crippen molar-refractivity contribution in [2.75, 3.05) is 0 Å². The van der Waals surface area contributed by atoms with Crippen molar-refractivity contribution in [3.63, 3.8) is 0 Å². The molecule has 2 rings (SSSR count). The van der Waals surface area contributed by atoms with Gasteiger partial charge in [-0.3, -0.25) is 4.79 Å². The van der Waals surface area contributed by atoms with Gasteiger partial charge >= 0.3 is 6.18 Å². The maximum atomic E-state index is 12.8. The van der Waals surface area contributed by atoms with E-state index in [0.717, 1.165) is 6.07 Å². The second-order valence-corrected chi connectivity index (χ2v) is 4.73. The number of carbonyl (C=O) groups is 1. The first-order chi connectivity index (χ1) is 7.89. The minimum absolute atomic E-state index is 0.0487. The SMILES string of the molecule is CC(=O)Cc1csc2cccc(C(F)(F)F)c12. The van der Waals surface area contributed by atoms with E-state index in [1.165, 1.54) is 24.3 Å². The predicted octanol–water partition coefficient (Wildman–Crippen LogP) is 4.05. The number of fused-ring (bicyclic) bond motifs is 1. The van der Waals surface area contributed by atoms with Crippen LogP contribution in [0.1, 0.15) is 18.1 Å². The van der Waals surface area contributed by atoms with E-state index in [9.17, 15) is 18.0 Å². The fraction of sp³-hybridized carbons (Fsp3) is 0.250. The minimum atomic E-state index is -4.38. The van der Waals surface area contributed by atoms with Crippen LogP contribution in [-0.2, 0) is 17.4 Å². The molecule has 1 aromatic carbocycles. The summed E-state index contributed by atoms with van der Waals surface area (Å²) in [5, 5.41) is 1.79. The zero-order valence-corrected chi connectivity index (χ0v) is 9.78. The molecule has 0 spiro atoms. The highest BCUT2D eigenvalue weighted by Gasteiger charge is 2.33. The number of benzene rings is 1. The molecule has 0 fully saturated rings. The number of halogens is 3. The van der Waals surface area contributed by atoms with Gasteiger partial charge in [-0.25, -0.2) is 0 Å². The molecule has 0 saturated carbocycles. The number of alkyl halides is 3. The molecule has 5 heteroatoms. The first kappa shape index (κ1) is 12.1. The topological polar surface area (TPSA) is 17.1 Å². The molecule has 1 aromatic heterocycles. The van der Waals surface area contributed by atoms with Crippen molar-refractivity contribution in [3.05, 3.63) is 34.7 Å². The Kier molecular flexibility index (Phi) is 2.95. The van der Waals surface area contributed by atoms with Crippen LogP contribution in [0.3, 0.4) is 0 Å². The van der Waals surface area contributed by atoms with Crippen molar-refractivity contribution in [3.8, 4) is 0 Å². The first-order valence-corrected chi connectivity index (χ1v) is 5.83. The van der Waals surface area contributed by atoms with Gasteiger partial charge in [0.05, 0.1) is 5.56 Å². The van der Waals surface area contributed by atoms with Crippen LogP contribution in [0.15, 0.2) is 23.6 Å². The Labute approximate surface area is 99.9 Å². The van der Waals surface area contributed by atoms with Gasteiger partial charge in [0.1, 0.15) is 5.78 Å². The summed E-state index contributed by atoms with van der Waals surface area (Å²) in [4.78, 5) is 11.0. The van der Waals surface area contributed by atoms with Gasteiger partial charge in [-0.1, -0.05) is 6.07 Å². The molecule has 1 heterocycles. The standard InChI is InChI=1S/C12H9F3OS/c1-7(16)5-8-6-17-10-4-2-3-9(11(8)10)12(13,14)15/h2-4,6H,5H2,1H3. The zero-order valence-electron chi connectivity index (χ0n) is 8.97. The van der Waals surface area contributed by atoms with Gasteiger partial charge in [0.25, 0.3) is 0 Å². The van der Waals surface area contributed by atoms with Crippen molar-refractivity contribution in [2.45, 2.75) is 19.5 Å². The number of rotatable bonds is 2. The Hall–Kier alpha value is -1.36. The molecular weight excluding hydrogens is 249 g/mol. The van der Waals surface area contributed by atoms with Crippen LogP contribution >= 0.6 is 11.3 Å². The summed E-state index contributed by atoms with van der Waals surface area (Å²) in [6.45, 7) is 1.37. The average molecular weight is 258 g/mol. The van der Waals surface area contributed by atoms with Gasteiger partial charge in [-0.05, 0) is 30.0 Å². The second-order valence-electron chi connectivity index (χ2n) is 3.82. The van der Waals surface area contributed by atoms with E-state index < -0.39 is 11.7 Å². The average Bonchev–Trinajstić information content (AvgIpc) is 2.59. The summed E-state index contributed by atoms with van der Waals surface area (Å²) in [6, 6.07) is 4.08. The van der Waals surface area contributed by atoms with Gasteiger partial charge < -0.3 is 0 Å². The number of carbonyl (C=O) groups excluding carboxylic acids is 1. The van der Waals surface area contributed by atoms with Crippen molar-refractivity contribution >= 4 is 27.2 Å². The molecule has 0 amide bonds. The van der Waals surface area contributed by atoms with E-state index in [2.05, 4.69) is 0 Å². The lowest BCUT2D eigenvalue weighted by molar-refractivity contribution is -0.136. The number of hydrogen-bond donors (Lipinski definition) is 0. The summed E-state index contributed by atoms with van der Waals surface area (Å²) in [7, 11) is 0. The molecule has 0 aliphatic rings. The van der Waals surface area contributed by atoms with Gasteiger partial charge in [0.2, 0.25) is 0 Å². The van der Waals surface area contributed by atoms with Crippen LogP contribution in [0.25, 0.3) is 10.1 Å². The molecule has 0 N–H and O–H groups in total. The number of Topliss-reactive ketones (excluding diaryl/α,β-unsaturated/α-hetero) is 1. The molecule has 0 saturated heterocycles.